The van der Waals surface area contributed by atoms with Crippen LogP contribution in [-0.2, 0) is 29.2 Å². The minimum atomic E-state index is -6.00. The van der Waals surface area contributed by atoms with Crippen molar-refractivity contribution < 1.29 is 39.7 Å². The van der Waals surface area contributed by atoms with Gasteiger partial charge in [-0.2, -0.15) is 4.58 Å². The number of hydrogen-bond donors (Lipinski definition) is 0. The Morgan fingerprint density at radius 2 is 1.40 bits per heavy atom. The molecule has 0 saturated heterocycles. The maximum Gasteiger partial charge on any atom is 0.673 e. The second-order valence-electron chi connectivity index (χ2n) is 17.1. The molecule has 6 aromatic rings. The summed E-state index contributed by atoms with van der Waals surface area (Å²) in [6, 6.07) is 26.7. The van der Waals surface area contributed by atoms with Gasteiger partial charge in [-0.05, 0) is 74.6 Å². The molecule has 5 aromatic carbocycles. The third-order valence-corrected chi connectivity index (χ3v) is 14.6. The van der Waals surface area contributed by atoms with Gasteiger partial charge in [-0.15, -0.1) is 0 Å². The maximum absolute atomic E-state index is 14.8. The summed E-state index contributed by atoms with van der Waals surface area (Å²) in [5, 5.41) is 7.06. The van der Waals surface area contributed by atoms with Crippen LogP contribution in [0.25, 0.3) is 38.5 Å². The minimum Gasteiger partial charge on any atom is -0.489 e. The van der Waals surface area contributed by atoms with Crippen molar-refractivity contribution in [2.24, 2.45) is 0 Å². The van der Waals surface area contributed by atoms with Crippen molar-refractivity contribution in [1.82, 2.24) is 4.57 Å². The number of benzene rings is 5. The summed E-state index contributed by atoms with van der Waals surface area (Å²) in [7, 11) is -9.84. The summed E-state index contributed by atoms with van der Waals surface area (Å²) in [4.78, 5) is 0.750. The van der Waals surface area contributed by atoms with Crippen molar-refractivity contribution in [3.63, 3.8) is 0 Å². The Hall–Kier alpha value is -5.62. The molecule has 2 unspecified atom stereocenters. The fourth-order valence-electron chi connectivity index (χ4n) is 9.99. The van der Waals surface area contributed by atoms with E-state index >= 15 is 0 Å². The molecule has 12 heteroatoms. The molecule has 0 radical (unpaired) electrons. The van der Waals surface area contributed by atoms with Crippen LogP contribution in [0.5, 0.6) is 11.5 Å². The Balaban J connectivity index is 0.000000956. The van der Waals surface area contributed by atoms with Crippen LogP contribution in [0.3, 0.4) is 0 Å². The topological polar surface area (TPSA) is 60.5 Å². The lowest BCUT2D eigenvalue weighted by Gasteiger charge is -2.10. The molecule has 6 nitrogen and oxygen atoms in total. The van der Waals surface area contributed by atoms with E-state index in [0.717, 1.165) is 96.1 Å². The van der Waals surface area contributed by atoms with Crippen LogP contribution < -0.4 is 14.8 Å². The number of nitrogens with zero attached hydrogens (tertiary/aromatic N) is 2. The van der Waals surface area contributed by atoms with Crippen molar-refractivity contribution >= 4 is 67.0 Å². The summed E-state index contributed by atoms with van der Waals surface area (Å²) >= 11 is 0. The normalized spacial score (nSPS) is 19.2. The van der Waals surface area contributed by atoms with Crippen LogP contribution in [0.2, 0.25) is 0 Å². The first-order valence-electron chi connectivity index (χ1n) is 22.2. The van der Waals surface area contributed by atoms with E-state index in [1.165, 1.54) is 44.1 Å². The number of aryl methyl sites for hydroxylation is 1. The van der Waals surface area contributed by atoms with Gasteiger partial charge in [-0.1, -0.05) is 87.4 Å². The van der Waals surface area contributed by atoms with E-state index in [1.54, 1.807) is 12.1 Å². The molecule has 0 spiro atoms. The minimum absolute atomic E-state index is 0.164. The van der Waals surface area contributed by atoms with E-state index in [0.29, 0.717) is 22.6 Å². The number of ether oxygens (including phenoxy) is 2. The maximum atomic E-state index is 14.8. The van der Waals surface area contributed by atoms with Gasteiger partial charge in [0.25, 0.3) is 0 Å². The molecule has 2 atom stereocenters. The predicted octanol–water partition coefficient (Wildman–Crippen LogP) is 12.1. The number of unbranched alkanes of at least 4 members (excludes halogenated alkanes) is 2. The smallest absolute Gasteiger partial charge is 0.489 e. The van der Waals surface area contributed by atoms with Crippen molar-refractivity contribution in [1.29, 1.82) is 0 Å². The quantitative estimate of drug-likeness (QED) is 0.0739. The first-order chi connectivity index (χ1) is 30.3. The van der Waals surface area contributed by atoms with Gasteiger partial charge >= 0.3 is 7.25 Å². The zero-order valence-corrected chi connectivity index (χ0v) is 36.9. The van der Waals surface area contributed by atoms with Crippen LogP contribution in [0.4, 0.5) is 23.0 Å². The molecule has 10 rings (SSSR count). The average molecular weight is 875 g/mol. The summed E-state index contributed by atoms with van der Waals surface area (Å²) in [5.41, 5.74) is 8.97. The molecule has 0 amide bonds. The van der Waals surface area contributed by atoms with Crippen molar-refractivity contribution in [2.75, 3.05) is 6.54 Å². The lowest BCUT2D eigenvalue weighted by molar-refractivity contribution is -0.436. The average Bonchev–Trinajstić information content (AvgIpc) is 4.07. The number of halogens is 4. The second-order valence-corrected chi connectivity index (χ2v) is 19.0. The van der Waals surface area contributed by atoms with Gasteiger partial charge in [0.15, 0.2) is 0 Å². The highest BCUT2D eigenvalue weighted by atomic mass is 32.2. The standard InChI is InChI=1S/C51H51N2O4S.BF4/c1-5-7-26-52-43(39-16-12-18-41-47(39)45(52)30-36-28-32(3)56-49(36)41)24-22-34-20-21-35(51(34)58(54,55)38-14-10-9-11-15-38)23-25-44-40-17-13-19-42-48(40)46(53(44)27-8-6-2)31-37-29-33(4)57-50(37)42;2-1(3,4)5/h9-19,22-25,30-33H,5-8,20-21,26-29H2,1-4H3;/q+1;-1. The van der Waals surface area contributed by atoms with E-state index in [4.69, 9.17) is 9.47 Å². The molecule has 0 bridgehead atoms. The molecule has 0 saturated carbocycles. The van der Waals surface area contributed by atoms with Gasteiger partial charge in [0.2, 0.25) is 21.2 Å². The van der Waals surface area contributed by atoms with Gasteiger partial charge in [0.05, 0.1) is 26.3 Å². The number of hydrogen-bond acceptors (Lipinski definition) is 4. The third kappa shape index (κ3) is 7.89. The van der Waals surface area contributed by atoms with Crippen LogP contribution in [0.15, 0.2) is 118 Å². The van der Waals surface area contributed by atoms with E-state index < -0.39 is 17.1 Å². The first kappa shape index (κ1) is 42.7. The SMILES string of the molecule is CCCCn1c(=CC=C2CCC(C=CC3=[N+](CCCC)c4cc5c(c6cccc3c46)OC(C)C5)=C2S(=O)(=O)c2ccccc2)c2cccc3c4c(cc1c32)CC(C)O4.F[B-](F)(F)F. The molecular formula is C51H51BF4N2O4S. The summed E-state index contributed by atoms with van der Waals surface area (Å²) in [5.74, 6) is 2.02. The Labute approximate surface area is 365 Å². The highest BCUT2D eigenvalue weighted by Crippen LogP contribution is 2.46. The largest absolute Gasteiger partial charge is 0.673 e. The molecule has 1 aliphatic carbocycles. The fourth-order valence-corrected chi connectivity index (χ4v) is 11.8. The van der Waals surface area contributed by atoms with E-state index in [2.05, 4.69) is 110 Å². The van der Waals surface area contributed by atoms with E-state index in [9.17, 15) is 25.7 Å². The van der Waals surface area contributed by atoms with Gasteiger partial charge in [0.1, 0.15) is 30.3 Å². The predicted molar refractivity (Wildman–Crippen MR) is 247 cm³/mol. The van der Waals surface area contributed by atoms with Crippen LogP contribution in [-0.4, -0.2) is 49.3 Å². The molecule has 63 heavy (non-hydrogen) atoms. The Bertz CT molecular complexity index is 3090. The number of fused-ring (bicyclic) bond motifs is 4. The van der Waals surface area contributed by atoms with Gasteiger partial charge in [0, 0.05) is 76.0 Å². The van der Waals surface area contributed by atoms with Crippen LogP contribution in [0, 0.1) is 0 Å². The highest BCUT2D eigenvalue weighted by Gasteiger charge is 2.36. The second kappa shape index (κ2) is 16.8. The molecule has 326 valence electrons. The number of sulfone groups is 1. The summed E-state index contributed by atoms with van der Waals surface area (Å²) in [6.45, 7) is 10.5. The van der Waals surface area contributed by atoms with E-state index in [-0.39, 0.29) is 12.2 Å². The summed E-state index contributed by atoms with van der Waals surface area (Å²) < 4.78 is 86.2. The molecular weight excluding hydrogens is 823 g/mol. The Morgan fingerprint density at radius 1 is 0.762 bits per heavy atom. The monoisotopic (exact) mass is 874 g/mol. The third-order valence-electron chi connectivity index (χ3n) is 12.6. The van der Waals surface area contributed by atoms with Gasteiger partial charge in [-0.25, -0.2) is 8.42 Å². The van der Waals surface area contributed by atoms with Crippen LogP contribution >= 0.6 is 0 Å². The molecule has 0 N–H and O–H groups in total. The van der Waals surface area contributed by atoms with Crippen molar-refractivity contribution in [3.8, 4) is 11.5 Å². The first-order valence-corrected chi connectivity index (χ1v) is 23.7. The number of aromatic nitrogens is 1. The molecule has 4 aliphatic rings. The van der Waals surface area contributed by atoms with Crippen molar-refractivity contribution in [2.45, 2.75) is 103 Å². The van der Waals surface area contributed by atoms with Crippen molar-refractivity contribution in [3.05, 3.63) is 135 Å². The van der Waals surface area contributed by atoms with E-state index in [1.807, 2.05) is 18.2 Å². The molecule has 0 fully saturated rings. The molecule has 4 heterocycles. The molecule has 1 aromatic heterocycles. The fraction of sp³-hybridized carbons (Fsp3) is 0.314. The number of rotatable bonds is 11. The Morgan fingerprint density at radius 3 is 2.08 bits per heavy atom. The summed E-state index contributed by atoms with van der Waals surface area (Å²) in [6.07, 6.45) is 16.2. The lowest BCUT2D eigenvalue weighted by atomic mass is 9.98. The highest BCUT2D eigenvalue weighted by molar-refractivity contribution is 7.95. The Kier molecular flexibility index (Phi) is 11.4. The molecule has 3 aliphatic heterocycles. The number of allylic oxidation sites excluding steroid dienone is 5. The zero-order chi connectivity index (χ0) is 44.2. The lowest BCUT2D eigenvalue weighted by Crippen LogP contribution is -2.16. The van der Waals surface area contributed by atoms with Gasteiger partial charge in [-0.3, -0.25) is 0 Å². The van der Waals surface area contributed by atoms with Crippen LogP contribution in [0.1, 0.15) is 82.9 Å². The zero-order valence-electron chi connectivity index (χ0n) is 36.1. The van der Waals surface area contributed by atoms with Gasteiger partial charge < -0.3 is 31.3 Å².